The first kappa shape index (κ1) is 17.4. The van der Waals surface area contributed by atoms with Gasteiger partial charge in [-0.15, -0.1) is 0 Å². The molecule has 2 aliphatic rings. The molecule has 0 unspecified atom stereocenters. The molecular formula is C18H21N7O2. The summed E-state index contributed by atoms with van der Waals surface area (Å²) in [6, 6.07) is 3.65. The lowest BCUT2D eigenvalue weighted by molar-refractivity contribution is -0.182. The van der Waals surface area contributed by atoms with Crippen LogP contribution in [0.4, 0.5) is 5.82 Å². The highest BCUT2D eigenvalue weighted by molar-refractivity contribution is 5.79. The highest BCUT2D eigenvalue weighted by atomic mass is 16.7. The average Bonchev–Trinajstić information content (AvgIpc) is 3.36. The molecule has 4 heterocycles. The number of piperidine rings is 1. The summed E-state index contributed by atoms with van der Waals surface area (Å²) in [5.41, 5.74) is 1.36. The van der Waals surface area contributed by atoms with Crippen molar-refractivity contribution in [2.75, 3.05) is 24.6 Å². The van der Waals surface area contributed by atoms with E-state index in [1.807, 2.05) is 19.3 Å². The minimum atomic E-state index is -0.0733. The number of carbonyl (C=O) groups is 1. The molecular weight excluding hydrogens is 346 g/mol. The molecule has 0 N–H and O–H groups in total. The Hall–Kier alpha value is -2.99. The molecule has 0 radical (unpaired) electrons. The second-order valence-electron chi connectivity index (χ2n) is 6.88. The molecule has 0 bridgehead atoms. The Morgan fingerprint density at radius 3 is 2.81 bits per heavy atom. The number of nitrogens with zero attached hydrogens (tertiary/aromatic N) is 7. The fourth-order valence-corrected chi connectivity index (χ4v) is 3.72. The number of aryl methyl sites for hydroxylation is 1. The number of hydroxylamine groups is 2. The van der Waals surface area contributed by atoms with Gasteiger partial charge in [-0.3, -0.25) is 14.3 Å². The Labute approximate surface area is 157 Å². The van der Waals surface area contributed by atoms with E-state index in [0.717, 1.165) is 30.6 Å². The summed E-state index contributed by atoms with van der Waals surface area (Å²) in [5.74, 6) is 0.704. The van der Waals surface area contributed by atoms with E-state index >= 15 is 0 Å². The van der Waals surface area contributed by atoms with E-state index < -0.39 is 0 Å². The Balaban J connectivity index is 1.40. The standard InChI is InChI=1S/C18H21N7O2/c1-23-11-14(10-22-23)16-4-7-27-25(16)18(26)13-2-5-24(6-3-13)17-8-15(9-19)20-12-21-17/h8,10-13,16H,2-7H2,1H3/t16-/m0/s1. The number of anilines is 1. The summed E-state index contributed by atoms with van der Waals surface area (Å²) < 4.78 is 1.74. The summed E-state index contributed by atoms with van der Waals surface area (Å²) >= 11 is 0. The van der Waals surface area contributed by atoms with Gasteiger partial charge < -0.3 is 4.90 Å². The third kappa shape index (κ3) is 3.48. The Kier molecular flexibility index (Phi) is 4.73. The lowest BCUT2D eigenvalue weighted by Crippen LogP contribution is -2.42. The van der Waals surface area contributed by atoms with Crippen LogP contribution in [0.15, 0.2) is 24.8 Å². The van der Waals surface area contributed by atoms with Crippen LogP contribution in [0, 0.1) is 17.2 Å². The number of aromatic nitrogens is 4. The molecule has 1 atom stereocenters. The maximum Gasteiger partial charge on any atom is 0.249 e. The second kappa shape index (κ2) is 7.32. The van der Waals surface area contributed by atoms with Crippen LogP contribution in [0.3, 0.4) is 0 Å². The highest BCUT2D eigenvalue weighted by Crippen LogP contribution is 2.33. The third-order valence-electron chi connectivity index (χ3n) is 5.17. The number of hydrogen-bond donors (Lipinski definition) is 0. The summed E-state index contributed by atoms with van der Waals surface area (Å²) in [4.78, 5) is 28.9. The largest absolute Gasteiger partial charge is 0.356 e. The minimum Gasteiger partial charge on any atom is -0.356 e. The third-order valence-corrected chi connectivity index (χ3v) is 5.17. The molecule has 27 heavy (non-hydrogen) atoms. The normalized spacial score (nSPS) is 20.7. The van der Waals surface area contributed by atoms with E-state index in [0.29, 0.717) is 25.4 Å². The van der Waals surface area contributed by atoms with E-state index in [1.54, 1.807) is 22.0 Å². The number of rotatable bonds is 3. The van der Waals surface area contributed by atoms with Crippen molar-refractivity contribution in [1.82, 2.24) is 24.8 Å². The zero-order chi connectivity index (χ0) is 18.8. The molecule has 2 fully saturated rings. The van der Waals surface area contributed by atoms with Gasteiger partial charge in [-0.05, 0) is 12.8 Å². The van der Waals surface area contributed by atoms with Gasteiger partial charge >= 0.3 is 0 Å². The van der Waals surface area contributed by atoms with Gasteiger partial charge in [0.2, 0.25) is 5.91 Å². The molecule has 2 aliphatic heterocycles. The molecule has 2 saturated heterocycles. The van der Waals surface area contributed by atoms with Crippen LogP contribution in [-0.2, 0) is 16.7 Å². The van der Waals surface area contributed by atoms with E-state index in [1.165, 1.54) is 6.33 Å². The average molecular weight is 367 g/mol. The minimum absolute atomic E-state index is 0.0430. The van der Waals surface area contributed by atoms with Gasteiger partial charge in [0.05, 0.1) is 18.8 Å². The van der Waals surface area contributed by atoms with Crippen molar-refractivity contribution in [3.8, 4) is 6.07 Å². The predicted molar refractivity (Wildman–Crippen MR) is 95.0 cm³/mol. The van der Waals surface area contributed by atoms with Crippen LogP contribution in [0.2, 0.25) is 0 Å². The van der Waals surface area contributed by atoms with Gasteiger partial charge in [-0.2, -0.15) is 10.4 Å². The fraction of sp³-hybridized carbons (Fsp3) is 0.500. The van der Waals surface area contributed by atoms with Gasteiger partial charge in [0, 0.05) is 50.3 Å². The van der Waals surface area contributed by atoms with Crippen LogP contribution >= 0.6 is 0 Å². The van der Waals surface area contributed by atoms with Crippen molar-refractivity contribution in [1.29, 1.82) is 5.26 Å². The lowest BCUT2D eigenvalue weighted by Gasteiger charge is -2.34. The molecule has 1 amide bonds. The van der Waals surface area contributed by atoms with Crippen LogP contribution in [0.25, 0.3) is 0 Å². The molecule has 0 aliphatic carbocycles. The molecule has 2 aromatic heterocycles. The summed E-state index contributed by atoms with van der Waals surface area (Å²) in [5, 5.41) is 14.7. The van der Waals surface area contributed by atoms with Crippen molar-refractivity contribution >= 4 is 11.7 Å². The number of carbonyl (C=O) groups excluding carboxylic acids is 1. The first-order valence-electron chi connectivity index (χ1n) is 9.07. The predicted octanol–water partition coefficient (Wildman–Crippen LogP) is 1.20. The van der Waals surface area contributed by atoms with Crippen molar-refractivity contribution < 1.29 is 9.63 Å². The topological polar surface area (TPSA) is 100 Å². The Morgan fingerprint density at radius 1 is 1.30 bits per heavy atom. The molecule has 4 rings (SSSR count). The maximum absolute atomic E-state index is 13.0. The Morgan fingerprint density at radius 2 is 2.11 bits per heavy atom. The van der Waals surface area contributed by atoms with E-state index in [9.17, 15) is 4.79 Å². The Bertz CT molecular complexity index is 867. The van der Waals surface area contributed by atoms with Gasteiger partial charge in [0.1, 0.15) is 23.9 Å². The number of nitriles is 1. The van der Waals surface area contributed by atoms with Crippen LogP contribution in [0.5, 0.6) is 0 Å². The molecule has 9 nitrogen and oxygen atoms in total. The van der Waals surface area contributed by atoms with E-state index in [4.69, 9.17) is 10.1 Å². The van der Waals surface area contributed by atoms with E-state index in [-0.39, 0.29) is 17.9 Å². The first-order chi connectivity index (χ1) is 13.2. The summed E-state index contributed by atoms with van der Waals surface area (Å²) in [6.07, 6.45) is 7.37. The van der Waals surface area contributed by atoms with Gasteiger partial charge in [0.25, 0.3) is 0 Å². The maximum atomic E-state index is 13.0. The lowest BCUT2D eigenvalue weighted by atomic mass is 9.95. The second-order valence-corrected chi connectivity index (χ2v) is 6.88. The van der Waals surface area contributed by atoms with Crippen LogP contribution in [0.1, 0.15) is 36.6 Å². The van der Waals surface area contributed by atoms with Crippen molar-refractivity contribution in [2.24, 2.45) is 13.0 Å². The van der Waals surface area contributed by atoms with Crippen LogP contribution < -0.4 is 4.90 Å². The van der Waals surface area contributed by atoms with Crippen molar-refractivity contribution in [3.05, 3.63) is 36.0 Å². The summed E-state index contributed by atoms with van der Waals surface area (Å²) in [6.45, 7) is 1.97. The molecule has 0 spiro atoms. The fourth-order valence-electron chi connectivity index (χ4n) is 3.72. The SMILES string of the molecule is Cn1cc([C@@H]2CCON2C(=O)C2CCN(c3cc(C#N)ncn3)CC2)cn1. The molecule has 9 heteroatoms. The van der Waals surface area contributed by atoms with Crippen LogP contribution in [-0.4, -0.2) is 50.4 Å². The van der Waals surface area contributed by atoms with Crippen molar-refractivity contribution in [3.63, 3.8) is 0 Å². The highest BCUT2D eigenvalue weighted by Gasteiger charge is 2.37. The first-order valence-corrected chi connectivity index (χ1v) is 9.07. The zero-order valence-electron chi connectivity index (χ0n) is 15.2. The van der Waals surface area contributed by atoms with Crippen molar-refractivity contribution in [2.45, 2.75) is 25.3 Å². The zero-order valence-corrected chi connectivity index (χ0v) is 15.2. The van der Waals surface area contributed by atoms with Gasteiger partial charge in [-0.1, -0.05) is 0 Å². The summed E-state index contributed by atoms with van der Waals surface area (Å²) in [7, 11) is 1.87. The molecule has 2 aromatic rings. The molecule has 140 valence electrons. The monoisotopic (exact) mass is 367 g/mol. The number of hydrogen-bond acceptors (Lipinski definition) is 7. The van der Waals surface area contributed by atoms with Gasteiger partial charge in [0.15, 0.2) is 0 Å². The smallest absolute Gasteiger partial charge is 0.249 e. The molecule has 0 saturated carbocycles. The quantitative estimate of drug-likeness (QED) is 0.803. The molecule has 0 aromatic carbocycles. The number of amides is 1. The van der Waals surface area contributed by atoms with Gasteiger partial charge in [-0.25, -0.2) is 15.0 Å². The van der Waals surface area contributed by atoms with E-state index in [2.05, 4.69) is 20.0 Å².